The van der Waals surface area contributed by atoms with E-state index in [4.69, 9.17) is 0 Å². The van der Waals surface area contributed by atoms with Gasteiger partial charge in [-0.2, -0.15) is 0 Å². The van der Waals surface area contributed by atoms with Gasteiger partial charge in [0.1, 0.15) is 0 Å². The van der Waals surface area contributed by atoms with Crippen LogP contribution in [0.25, 0.3) is 0 Å². The van der Waals surface area contributed by atoms with Crippen LogP contribution in [0.1, 0.15) is 44.9 Å². The lowest BCUT2D eigenvalue weighted by atomic mass is 9.97. The molecule has 3 saturated heterocycles. The molecule has 3 unspecified atom stereocenters. The van der Waals surface area contributed by atoms with E-state index in [-0.39, 0.29) is 0 Å². The summed E-state index contributed by atoms with van der Waals surface area (Å²) in [5.41, 5.74) is 0. The Balaban J connectivity index is 1.36. The molecule has 3 nitrogen and oxygen atoms in total. The third-order valence-corrected chi connectivity index (χ3v) is 5.86. The number of likely N-dealkylation sites (tertiary alicyclic amines) is 1. The molecule has 4 aliphatic rings. The van der Waals surface area contributed by atoms with Crippen LogP contribution in [-0.2, 0) is 0 Å². The Kier molecular flexibility index (Phi) is 2.90. The molecule has 0 radical (unpaired) electrons. The SMILES string of the molecule is CN(C1CC2CCC(C1)N2)C1CCN(C2CC2)C1. The van der Waals surface area contributed by atoms with Crippen LogP contribution in [0, 0.1) is 0 Å². The summed E-state index contributed by atoms with van der Waals surface area (Å²) in [6, 6.07) is 4.32. The first kappa shape index (κ1) is 11.7. The quantitative estimate of drug-likeness (QED) is 0.816. The molecule has 3 heterocycles. The van der Waals surface area contributed by atoms with Crippen LogP contribution in [0.4, 0.5) is 0 Å². The summed E-state index contributed by atoms with van der Waals surface area (Å²) in [6.45, 7) is 2.71. The Labute approximate surface area is 111 Å². The van der Waals surface area contributed by atoms with E-state index in [0.717, 1.165) is 30.2 Å². The van der Waals surface area contributed by atoms with Crippen LogP contribution in [0.2, 0.25) is 0 Å². The van der Waals surface area contributed by atoms with Crippen molar-refractivity contribution in [2.45, 2.75) is 75.2 Å². The molecule has 4 fully saturated rings. The van der Waals surface area contributed by atoms with Crippen molar-refractivity contribution in [3.8, 4) is 0 Å². The van der Waals surface area contributed by atoms with Crippen LogP contribution < -0.4 is 5.32 Å². The van der Waals surface area contributed by atoms with Gasteiger partial charge >= 0.3 is 0 Å². The number of hydrogen-bond acceptors (Lipinski definition) is 3. The molecule has 1 saturated carbocycles. The highest BCUT2D eigenvalue weighted by molar-refractivity contribution is 4.98. The fourth-order valence-electron chi connectivity index (χ4n) is 4.53. The maximum Gasteiger partial charge on any atom is 0.0235 e. The van der Waals surface area contributed by atoms with Gasteiger partial charge in [0.05, 0.1) is 0 Å². The van der Waals surface area contributed by atoms with Gasteiger partial charge in [0.2, 0.25) is 0 Å². The summed E-state index contributed by atoms with van der Waals surface area (Å²) < 4.78 is 0. The van der Waals surface area contributed by atoms with Crippen LogP contribution in [0.15, 0.2) is 0 Å². The Morgan fingerprint density at radius 3 is 2.33 bits per heavy atom. The first-order chi connectivity index (χ1) is 8.79. The molecule has 0 aromatic rings. The monoisotopic (exact) mass is 249 g/mol. The van der Waals surface area contributed by atoms with Crippen molar-refractivity contribution in [1.29, 1.82) is 0 Å². The van der Waals surface area contributed by atoms with Crippen molar-refractivity contribution in [3.05, 3.63) is 0 Å². The normalized spacial score (nSPS) is 45.0. The van der Waals surface area contributed by atoms with Crippen molar-refractivity contribution in [2.24, 2.45) is 0 Å². The molecule has 3 atom stereocenters. The van der Waals surface area contributed by atoms with E-state index >= 15 is 0 Å². The van der Waals surface area contributed by atoms with E-state index in [9.17, 15) is 0 Å². The molecular formula is C15H27N3. The Hall–Kier alpha value is -0.120. The second-order valence-electron chi connectivity index (χ2n) is 7.10. The number of fused-ring (bicyclic) bond motifs is 2. The van der Waals surface area contributed by atoms with Crippen molar-refractivity contribution >= 4 is 0 Å². The lowest BCUT2D eigenvalue weighted by Crippen LogP contribution is -2.50. The van der Waals surface area contributed by atoms with Crippen molar-refractivity contribution in [2.75, 3.05) is 20.1 Å². The minimum atomic E-state index is 0.831. The number of likely N-dealkylation sites (N-methyl/N-ethyl adjacent to an activating group) is 1. The molecule has 3 heteroatoms. The standard InChI is InChI=1S/C15H27N3/c1-17(14-6-7-18(10-14)13-4-5-13)15-8-11-2-3-12(9-15)16-11/h11-16H,2-10H2,1H3. The predicted molar refractivity (Wildman–Crippen MR) is 73.7 cm³/mol. The molecule has 102 valence electrons. The molecule has 0 spiro atoms. The summed E-state index contributed by atoms with van der Waals surface area (Å²) in [4.78, 5) is 5.49. The van der Waals surface area contributed by atoms with Gasteiger partial charge in [-0.15, -0.1) is 0 Å². The number of rotatable bonds is 3. The number of nitrogens with one attached hydrogen (secondary N) is 1. The van der Waals surface area contributed by atoms with Crippen LogP contribution in [0.3, 0.4) is 0 Å². The molecule has 18 heavy (non-hydrogen) atoms. The molecule has 2 bridgehead atoms. The van der Waals surface area contributed by atoms with Crippen LogP contribution in [-0.4, -0.2) is 60.1 Å². The summed E-state index contributed by atoms with van der Waals surface area (Å²) >= 11 is 0. The zero-order chi connectivity index (χ0) is 12.1. The third kappa shape index (κ3) is 2.10. The summed E-state index contributed by atoms with van der Waals surface area (Å²) in [5.74, 6) is 0. The molecule has 0 amide bonds. The molecule has 0 aromatic heterocycles. The van der Waals surface area contributed by atoms with E-state index in [1.54, 1.807) is 0 Å². The van der Waals surface area contributed by atoms with E-state index in [2.05, 4.69) is 22.2 Å². The van der Waals surface area contributed by atoms with Gasteiger partial charge in [0.15, 0.2) is 0 Å². The zero-order valence-corrected chi connectivity index (χ0v) is 11.6. The van der Waals surface area contributed by atoms with Gasteiger partial charge in [0.25, 0.3) is 0 Å². The Morgan fingerprint density at radius 1 is 0.944 bits per heavy atom. The van der Waals surface area contributed by atoms with Gasteiger partial charge in [-0.1, -0.05) is 0 Å². The number of hydrogen-bond donors (Lipinski definition) is 1. The molecular weight excluding hydrogens is 222 g/mol. The van der Waals surface area contributed by atoms with E-state index in [1.165, 1.54) is 58.0 Å². The first-order valence-electron chi connectivity index (χ1n) is 8.01. The lowest BCUT2D eigenvalue weighted by Gasteiger charge is -2.38. The predicted octanol–water partition coefficient (Wildman–Crippen LogP) is 1.44. The van der Waals surface area contributed by atoms with Gasteiger partial charge < -0.3 is 5.32 Å². The van der Waals surface area contributed by atoms with Crippen molar-refractivity contribution in [1.82, 2.24) is 15.1 Å². The summed E-state index contributed by atoms with van der Waals surface area (Å²) in [5, 5.41) is 3.77. The molecule has 1 N–H and O–H groups in total. The number of piperidine rings is 1. The molecule has 4 rings (SSSR count). The maximum absolute atomic E-state index is 3.77. The molecule has 0 aromatic carbocycles. The van der Waals surface area contributed by atoms with Gasteiger partial charge in [-0.3, -0.25) is 9.80 Å². The minimum Gasteiger partial charge on any atom is -0.311 e. The first-order valence-corrected chi connectivity index (χ1v) is 8.01. The van der Waals surface area contributed by atoms with Gasteiger partial charge in [-0.05, 0) is 52.0 Å². The fourth-order valence-corrected chi connectivity index (χ4v) is 4.53. The van der Waals surface area contributed by atoms with Crippen molar-refractivity contribution in [3.63, 3.8) is 0 Å². The number of nitrogens with zero attached hydrogens (tertiary/aromatic N) is 2. The smallest absolute Gasteiger partial charge is 0.0235 e. The van der Waals surface area contributed by atoms with E-state index in [1.807, 2.05) is 0 Å². The largest absolute Gasteiger partial charge is 0.311 e. The highest BCUT2D eigenvalue weighted by Gasteiger charge is 2.40. The van der Waals surface area contributed by atoms with Gasteiger partial charge in [0, 0.05) is 43.3 Å². The Morgan fingerprint density at radius 2 is 1.67 bits per heavy atom. The average Bonchev–Trinajstić information content (AvgIpc) is 3.03. The minimum absolute atomic E-state index is 0.831. The second-order valence-corrected chi connectivity index (χ2v) is 7.10. The Bertz CT molecular complexity index is 303. The fraction of sp³-hybridized carbons (Fsp3) is 1.00. The highest BCUT2D eigenvalue weighted by atomic mass is 15.3. The summed E-state index contributed by atoms with van der Waals surface area (Å²) in [6.07, 6.45) is 9.98. The zero-order valence-electron chi connectivity index (χ0n) is 11.6. The molecule has 1 aliphatic carbocycles. The van der Waals surface area contributed by atoms with Crippen LogP contribution >= 0.6 is 0 Å². The molecule has 3 aliphatic heterocycles. The van der Waals surface area contributed by atoms with Crippen molar-refractivity contribution < 1.29 is 0 Å². The van der Waals surface area contributed by atoms with E-state index < -0.39 is 0 Å². The van der Waals surface area contributed by atoms with Gasteiger partial charge in [-0.25, -0.2) is 0 Å². The topological polar surface area (TPSA) is 18.5 Å². The maximum atomic E-state index is 3.77. The highest BCUT2D eigenvalue weighted by Crippen LogP contribution is 2.34. The second kappa shape index (κ2) is 4.46. The summed E-state index contributed by atoms with van der Waals surface area (Å²) in [7, 11) is 2.40. The van der Waals surface area contributed by atoms with Crippen LogP contribution in [0.5, 0.6) is 0 Å². The lowest BCUT2D eigenvalue weighted by molar-refractivity contribution is 0.124. The average molecular weight is 249 g/mol. The van der Waals surface area contributed by atoms with E-state index in [0.29, 0.717) is 0 Å². The third-order valence-electron chi connectivity index (χ3n) is 5.86.